The van der Waals surface area contributed by atoms with Gasteiger partial charge in [0.25, 0.3) is 5.56 Å². The first-order valence-corrected chi connectivity index (χ1v) is 9.05. The van der Waals surface area contributed by atoms with Crippen LogP contribution in [0.3, 0.4) is 0 Å². The van der Waals surface area contributed by atoms with Gasteiger partial charge in [0.15, 0.2) is 0 Å². The van der Waals surface area contributed by atoms with E-state index in [4.69, 9.17) is 4.98 Å². The fraction of sp³-hybridized carbons (Fsp3) is 0.0833. The van der Waals surface area contributed by atoms with Crippen molar-refractivity contribution in [3.8, 4) is 5.69 Å². The van der Waals surface area contributed by atoms with Crippen molar-refractivity contribution in [2.75, 3.05) is 0 Å². The first-order chi connectivity index (χ1) is 13.5. The van der Waals surface area contributed by atoms with Gasteiger partial charge in [0, 0.05) is 0 Å². The van der Waals surface area contributed by atoms with E-state index < -0.39 is 0 Å². The van der Waals surface area contributed by atoms with Crippen molar-refractivity contribution in [3.05, 3.63) is 105 Å². The van der Waals surface area contributed by atoms with E-state index in [9.17, 15) is 9.18 Å². The molecule has 4 aromatic rings. The van der Waals surface area contributed by atoms with Crippen molar-refractivity contribution in [1.82, 2.24) is 9.55 Å². The van der Waals surface area contributed by atoms with Crippen LogP contribution < -0.4 is 5.56 Å². The molecule has 0 N–H and O–H groups in total. The molecule has 0 saturated heterocycles. The molecule has 1 aromatic heterocycles. The van der Waals surface area contributed by atoms with E-state index in [1.54, 1.807) is 34.9 Å². The molecule has 0 radical (unpaired) electrons. The first-order valence-electron chi connectivity index (χ1n) is 9.05. The summed E-state index contributed by atoms with van der Waals surface area (Å²) in [6.45, 7) is 4.00. The Kier molecular flexibility index (Phi) is 4.62. The summed E-state index contributed by atoms with van der Waals surface area (Å²) in [5.41, 5.74) is 4.10. The van der Waals surface area contributed by atoms with Crippen LogP contribution in [-0.2, 0) is 0 Å². The molecule has 0 aliphatic heterocycles. The van der Waals surface area contributed by atoms with Crippen LogP contribution in [0.15, 0.2) is 71.5 Å². The van der Waals surface area contributed by atoms with E-state index >= 15 is 0 Å². The van der Waals surface area contributed by atoms with Gasteiger partial charge in [-0.2, -0.15) is 0 Å². The molecule has 3 aromatic carbocycles. The van der Waals surface area contributed by atoms with E-state index in [0.29, 0.717) is 22.3 Å². The molecule has 0 spiro atoms. The number of halogens is 1. The highest BCUT2D eigenvalue weighted by atomic mass is 19.1. The predicted octanol–water partition coefficient (Wildman–Crippen LogP) is 5.31. The molecule has 28 heavy (non-hydrogen) atoms. The lowest BCUT2D eigenvalue weighted by Crippen LogP contribution is -2.22. The predicted molar refractivity (Wildman–Crippen MR) is 112 cm³/mol. The van der Waals surface area contributed by atoms with Crippen LogP contribution in [0.4, 0.5) is 4.39 Å². The number of benzene rings is 3. The number of aryl methyl sites for hydroxylation is 2. The van der Waals surface area contributed by atoms with Crippen molar-refractivity contribution in [1.29, 1.82) is 0 Å². The van der Waals surface area contributed by atoms with Crippen molar-refractivity contribution in [2.24, 2.45) is 0 Å². The molecule has 138 valence electrons. The van der Waals surface area contributed by atoms with Crippen LogP contribution in [0.25, 0.3) is 28.7 Å². The minimum Gasteiger partial charge on any atom is -0.268 e. The van der Waals surface area contributed by atoms with Crippen molar-refractivity contribution >= 4 is 23.1 Å². The Bertz CT molecular complexity index is 1250. The third-order valence-corrected chi connectivity index (χ3v) is 4.54. The van der Waals surface area contributed by atoms with Gasteiger partial charge < -0.3 is 0 Å². The van der Waals surface area contributed by atoms with E-state index in [1.807, 2.05) is 44.2 Å². The Morgan fingerprint density at radius 2 is 1.64 bits per heavy atom. The van der Waals surface area contributed by atoms with Crippen LogP contribution in [0.1, 0.15) is 22.5 Å². The molecule has 0 saturated carbocycles. The lowest BCUT2D eigenvalue weighted by atomic mass is 10.1. The van der Waals surface area contributed by atoms with Crippen LogP contribution in [0, 0.1) is 19.7 Å². The van der Waals surface area contributed by atoms with Crippen molar-refractivity contribution in [3.63, 3.8) is 0 Å². The van der Waals surface area contributed by atoms with Gasteiger partial charge in [-0.15, -0.1) is 0 Å². The van der Waals surface area contributed by atoms with Gasteiger partial charge in [-0.25, -0.2) is 9.37 Å². The van der Waals surface area contributed by atoms with Gasteiger partial charge in [-0.05, 0) is 73.0 Å². The van der Waals surface area contributed by atoms with Crippen LogP contribution in [-0.4, -0.2) is 9.55 Å². The Morgan fingerprint density at radius 3 is 2.39 bits per heavy atom. The zero-order valence-corrected chi connectivity index (χ0v) is 15.7. The number of fused-ring (bicyclic) bond motifs is 1. The molecule has 4 rings (SSSR count). The number of rotatable bonds is 3. The average Bonchev–Trinajstić information content (AvgIpc) is 2.66. The largest absolute Gasteiger partial charge is 0.268 e. The summed E-state index contributed by atoms with van der Waals surface area (Å²) in [5, 5.41) is 0.560. The second-order valence-electron chi connectivity index (χ2n) is 6.86. The SMILES string of the molecule is Cc1cc(C)cc(-n2c(/C=C/c3cccc(F)c3)nc3ccccc3c2=O)c1. The summed E-state index contributed by atoms with van der Waals surface area (Å²) in [5.74, 6) is 0.193. The molecule has 0 bridgehead atoms. The third kappa shape index (κ3) is 3.49. The fourth-order valence-corrected chi connectivity index (χ4v) is 3.37. The highest BCUT2D eigenvalue weighted by molar-refractivity contribution is 5.80. The second-order valence-corrected chi connectivity index (χ2v) is 6.86. The average molecular weight is 370 g/mol. The maximum absolute atomic E-state index is 13.5. The molecule has 0 amide bonds. The zero-order valence-electron chi connectivity index (χ0n) is 15.7. The van der Waals surface area contributed by atoms with E-state index in [1.165, 1.54) is 12.1 Å². The van der Waals surface area contributed by atoms with Crippen LogP contribution >= 0.6 is 0 Å². The molecule has 0 fully saturated rings. The van der Waals surface area contributed by atoms with Crippen LogP contribution in [0.2, 0.25) is 0 Å². The van der Waals surface area contributed by atoms with Gasteiger partial charge in [0.05, 0.1) is 16.6 Å². The van der Waals surface area contributed by atoms with E-state index in [2.05, 4.69) is 6.07 Å². The minimum absolute atomic E-state index is 0.130. The highest BCUT2D eigenvalue weighted by Crippen LogP contribution is 2.18. The Labute approximate surface area is 162 Å². The topological polar surface area (TPSA) is 34.9 Å². The zero-order chi connectivity index (χ0) is 19.7. The van der Waals surface area contributed by atoms with Gasteiger partial charge in [0.1, 0.15) is 11.6 Å². The molecule has 0 aliphatic rings. The number of nitrogens with zero attached hydrogens (tertiary/aromatic N) is 2. The lowest BCUT2D eigenvalue weighted by Gasteiger charge is -2.13. The summed E-state index contributed by atoms with van der Waals surface area (Å²) in [6.07, 6.45) is 3.51. The number of para-hydroxylation sites is 1. The Morgan fingerprint density at radius 1 is 0.893 bits per heavy atom. The molecule has 0 aliphatic carbocycles. The van der Waals surface area contributed by atoms with Gasteiger partial charge in [-0.3, -0.25) is 9.36 Å². The third-order valence-electron chi connectivity index (χ3n) is 4.54. The summed E-state index contributed by atoms with van der Waals surface area (Å²) < 4.78 is 15.1. The van der Waals surface area contributed by atoms with Crippen molar-refractivity contribution in [2.45, 2.75) is 13.8 Å². The second kappa shape index (κ2) is 7.24. The number of hydrogen-bond acceptors (Lipinski definition) is 2. The smallest absolute Gasteiger partial charge is 0.266 e. The van der Waals surface area contributed by atoms with Crippen LogP contribution in [0.5, 0.6) is 0 Å². The lowest BCUT2D eigenvalue weighted by molar-refractivity contribution is 0.627. The molecule has 0 unspecified atom stereocenters. The first kappa shape index (κ1) is 17.9. The minimum atomic E-state index is -0.305. The molecular weight excluding hydrogens is 351 g/mol. The normalized spacial score (nSPS) is 11.4. The summed E-state index contributed by atoms with van der Waals surface area (Å²) >= 11 is 0. The Hall–Kier alpha value is -3.53. The van der Waals surface area contributed by atoms with Gasteiger partial charge in [0.2, 0.25) is 0 Å². The standard InChI is InChI=1S/C24H19FN2O/c1-16-12-17(2)14-20(13-16)27-23(11-10-18-6-5-7-19(25)15-18)26-22-9-4-3-8-21(22)24(27)28/h3-15H,1-2H3/b11-10+. The molecule has 1 heterocycles. The summed E-state index contributed by atoms with van der Waals surface area (Å²) in [7, 11) is 0. The number of aromatic nitrogens is 2. The maximum atomic E-state index is 13.5. The van der Waals surface area contributed by atoms with E-state index in [-0.39, 0.29) is 11.4 Å². The van der Waals surface area contributed by atoms with Crippen molar-refractivity contribution < 1.29 is 4.39 Å². The molecule has 3 nitrogen and oxygen atoms in total. The summed E-state index contributed by atoms with van der Waals surface area (Å²) in [4.78, 5) is 18.0. The molecule has 4 heteroatoms. The Balaban J connectivity index is 1.97. The quantitative estimate of drug-likeness (QED) is 0.490. The highest BCUT2D eigenvalue weighted by Gasteiger charge is 2.11. The maximum Gasteiger partial charge on any atom is 0.266 e. The van der Waals surface area contributed by atoms with Gasteiger partial charge >= 0.3 is 0 Å². The summed E-state index contributed by atoms with van der Waals surface area (Å²) in [6, 6.07) is 19.6. The van der Waals surface area contributed by atoms with E-state index in [0.717, 1.165) is 16.8 Å². The van der Waals surface area contributed by atoms with Gasteiger partial charge in [-0.1, -0.05) is 36.4 Å². The molecular formula is C24H19FN2O. The number of hydrogen-bond donors (Lipinski definition) is 0. The fourth-order valence-electron chi connectivity index (χ4n) is 3.37. The molecule has 0 atom stereocenters. The monoisotopic (exact) mass is 370 g/mol.